The second-order valence-electron chi connectivity index (χ2n) is 6.10. The molecule has 3 rings (SSSR count). The molecule has 132 valence electrons. The minimum absolute atomic E-state index is 0.202. The van der Waals surface area contributed by atoms with E-state index in [1.807, 2.05) is 30.3 Å². The van der Waals surface area contributed by atoms with Crippen LogP contribution in [0.4, 0.5) is 4.39 Å². The number of halogens is 1. The van der Waals surface area contributed by atoms with Gasteiger partial charge in [0.1, 0.15) is 0 Å². The van der Waals surface area contributed by atoms with E-state index in [0.717, 1.165) is 16.7 Å². The molecule has 0 spiro atoms. The van der Waals surface area contributed by atoms with E-state index in [1.165, 1.54) is 0 Å². The number of benzene rings is 2. The molecule has 0 radical (unpaired) electrons. The van der Waals surface area contributed by atoms with Crippen molar-refractivity contribution in [2.75, 3.05) is 27.0 Å². The van der Waals surface area contributed by atoms with Crippen molar-refractivity contribution in [1.29, 1.82) is 0 Å². The van der Waals surface area contributed by atoms with Crippen molar-refractivity contribution in [1.82, 2.24) is 0 Å². The fourth-order valence-corrected chi connectivity index (χ4v) is 3.02. The van der Waals surface area contributed by atoms with Crippen LogP contribution in [0.1, 0.15) is 17.9 Å². The molecule has 2 aromatic carbocycles. The van der Waals surface area contributed by atoms with E-state index in [2.05, 4.69) is 12.1 Å². The van der Waals surface area contributed by atoms with Crippen molar-refractivity contribution in [2.24, 2.45) is 0 Å². The van der Waals surface area contributed by atoms with Crippen LogP contribution in [0.5, 0.6) is 11.5 Å². The van der Waals surface area contributed by atoms with Gasteiger partial charge in [0.15, 0.2) is 11.5 Å². The van der Waals surface area contributed by atoms with Crippen LogP contribution in [0.3, 0.4) is 0 Å². The van der Waals surface area contributed by atoms with Gasteiger partial charge in [-0.1, -0.05) is 30.3 Å². The number of methoxy groups -OCH3 is 1. The first-order chi connectivity index (χ1) is 12.2. The summed E-state index contributed by atoms with van der Waals surface area (Å²) in [7, 11) is 0.911. The van der Waals surface area contributed by atoms with Gasteiger partial charge in [-0.3, -0.25) is 4.39 Å². The van der Waals surface area contributed by atoms with Gasteiger partial charge < -0.3 is 19.2 Å². The molecule has 6 heteroatoms. The van der Waals surface area contributed by atoms with Crippen molar-refractivity contribution >= 4 is 7.12 Å². The quantitative estimate of drug-likeness (QED) is 0.615. The van der Waals surface area contributed by atoms with Crippen molar-refractivity contribution in [3.05, 3.63) is 48.0 Å². The molecule has 25 heavy (non-hydrogen) atoms. The average molecular weight is 344 g/mol. The van der Waals surface area contributed by atoms with Gasteiger partial charge >= 0.3 is 7.12 Å². The summed E-state index contributed by atoms with van der Waals surface area (Å²) in [5.41, 5.74) is 3.19. The largest absolute Gasteiger partial charge is 0.493 e. The van der Waals surface area contributed by atoms with E-state index in [0.29, 0.717) is 37.5 Å². The topological polar surface area (TPSA) is 47.9 Å². The lowest BCUT2D eigenvalue weighted by Gasteiger charge is -2.14. The number of rotatable bonds is 7. The maximum Gasteiger partial charge on any atom is 0.454 e. The number of alkyl halides is 1. The molecule has 1 heterocycles. The predicted octanol–water partition coefficient (Wildman–Crippen LogP) is 3.69. The molecular formula is C19H22BFO4. The lowest BCUT2D eigenvalue weighted by Crippen LogP contribution is -2.07. The van der Waals surface area contributed by atoms with Crippen molar-refractivity contribution in [3.8, 4) is 22.6 Å². The van der Waals surface area contributed by atoms with Gasteiger partial charge in [-0.15, -0.1) is 0 Å². The fraction of sp³-hybridized carbons (Fsp3) is 0.368. The van der Waals surface area contributed by atoms with Gasteiger partial charge in [0.05, 0.1) is 20.4 Å². The Kier molecular flexibility index (Phi) is 5.94. The summed E-state index contributed by atoms with van der Waals surface area (Å²) in [4.78, 5) is 0. The Morgan fingerprint density at radius 3 is 2.76 bits per heavy atom. The van der Waals surface area contributed by atoms with Crippen LogP contribution in [-0.2, 0) is 4.65 Å². The zero-order valence-electron chi connectivity index (χ0n) is 14.3. The standard InChI is InChI=1S/C19H22BFO4/c1-23-18-7-6-16(11-19(18)24-9-3-8-21)14-4-2-5-15(10-14)17-12-20(22)25-13-17/h2,4-7,10-11,17,22H,3,8-9,12-13H2,1H3. The highest BCUT2D eigenvalue weighted by Crippen LogP contribution is 2.35. The monoisotopic (exact) mass is 344 g/mol. The molecule has 0 bridgehead atoms. The van der Waals surface area contributed by atoms with Crippen LogP contribution >= 0.6 is 0 Å². The minimum atomic E-state index is -0.676. The molecule has 1 atom stereocenters. The van der Waals surface area contributed by atoms with Gasteiger partial charge in [-0.2, -0.15) is 0 Å². The highest BCUT2D eigenvalue weighted by atomic mass is 19.1. The Hall–Kier alpha value is -2.05. The van der Waals surface area contributed by atoms with E-state index < -0.39 is 13.8 Å². The summed E-state index contributed by atoms with van der Waals surface area (Å²) >= 11 is 0. The van der Waals surface area contributed by atoms with Gasteiger partial charge in [0.25, 0.3) is 0 Å². The minimum Gasteiger partial charge on any atom is -0.493 e. The highest BCUT2D eigenvalue weighted by Gasteiger charge is 2.29. The molecule has 1 aliphatic heterocycles. The van der Waals surface area contributed by atoms with E-state index in [1.54, 1.807) is 7.11 Å². The SMILES string of the molecule is COc1ccc(-c2cccc(C3COB(O)C3)c2)cc1OCCCF. The second-order valence-corrected chi connectivity index (χ2v) is 6.10. The predicted molar refractivity (Wildman–Crippen MR) is 96.0 cm³/mol. The van der Waals surface area contributed by atoms with Crippen LogP contribution in [0.15, 0.2) is 42.5 Å². The van der Waals surface area contributed by atoms with Gasteiger partial charge in [0, 0.05) is 18.9 Å². The smallest absolute Gasteiger partial charge is 0.454 e. The summed E-state index contributed by atoms with van der Waals surface area (Å²) in [6, 6.07) is 13.9. The summed E-state index contributed by atoms with van der Waals surface area (Å²) < 4.78 is 28.5. The Bertz CT molecular complexity index is 710. The van der Waals surface area contributed by atoms with Crippen LogP contribution in [0, 0.1) is 0 Å². The summed E-state index contributed by atoms with van der Waals surface area (Å²) in [5.74, 6) is 1.44. The van der Waals surface area contributed by atoms with Crippen LogP contribution < -0.4 is 9.47 Å². The van der Waals surface area contributed by atoms with Gasteiger partial charge in [-0.25, -0.2) is 0 Å². The zero-order chi connectivity index (χ0) is 17.6. The van der Waals surface area contributed by atoms with E-state index >= 15 is 0 Å². The molecule has 1 aliphatic rings. The Labute approximate surface area is 147 Å². The first-order valence-corrected chi connectivity index (χ1v) is 8.48. The maximum atomic E-state index is 12.3. The van der Waals surface area contributed by atoms with E-state index in [4.69, 9.17) is 14.1 Å². The van der Waals surface area contributed by atoms with Gasteiger partial charge in [-0.05, 0) is 35.1 Å². The van der Waals surface area contributed by atoms with Crippen molar-refractivity contribution < 1.29 is 23.5 Å². The molecule has 0 saturated carbocycles. The first-order valence-electron chi connectivity index (χ1n) is 8.48. The third kappa shape index (κ3) is 4.33. The molecule has 1 N–H and O–H groups in total. The van der Waals surface area contributed by atoms with E-state index in [9.17, 15) is 9.41 Å². The number of hydrogen-bond donors (Lipinski definition) is 1. The molecule has 4 nitrogen and oxygen atoms in total. The second kappa shape index (κ2) is 8.36. The molecule has 1 unspecified atom stereocenters. The number of ether oxygens (including phenoxy) is 2. The fourth-order valence-electron chi connectivity index (χ4n) is 3.02. The summed E-state index contributed by atoms with van der Waals surface area (Å²) in [6.45, 7) is 0.442. The molecule has 1 fully saturated rings. The Balaban J connectivity index is 1.84. The Morgan fingerprint density at radius 1 is 1.20 bits per heavy atom. The molecule has 2 aromatic rings. The Morgan fingerprint density at radius 2 is 2.04 bits per heavy atom. The molecule has 0 aromatic heterocycles. The average Bonchev–Trinajstić information content (AvgIpc) is 3.08. The summed E-state index contributed by atoms with van der Waals surface area (Å²) in [5, 5.41) is 9.56. The molecule has 0 aliphatic carbocycles. The van der Waals surface area contributed by atoms with Crippen molar-refractivity contribution in [3.63, 3.8) is 0 Å². The van der Waals surface area contributed by atoms with Crippen LogP contribution in [0.2, 0.25) is 6.32 Å². The molecular weight excluding hydrogens is 322 g/mol. The van der Waals surface area contributed by atoms with E-state index in [-0.39, 0.29) is 5.92 Å². The zero-order valence-corrected chi connectivity index (χ0v) is 14.3. The summed E-state index contributed by atoms with van der Waals surface area (Å²) in [6.07, 6.45) is 0.969. The normalized spacial score (nSPS) is 16.9. The first kappa shape index (κ1) is 17.8. The van der Waals surface area contributed by atoms with Crippen molar-refractivity contribution in [2.45, 2.75) is 18.7 Å². The van der Waals surface area contributed by atoms with Crippen LogP contribution in [-0.4, -0.2) is 39.1 Å². The highest BCUT2D eigenvalue weighted by molar-refractivity contribution is 6.43. The van der Waals surface area contributed by atoms with Crippen LogP contribution in [0.25, 0.3) is 11.1 Å². The molecule has 1 saturated heterocycles. The lowest BCUT2D eigenvalue weighted by atomic mass is 9.79. The lowest BCUT2D eigenvalue weighted by molar-refractivity contribution is 0.274. The third-order valence-corrected chi connectivity index (χ3v) is 4.37. The third-order valence-electron chi connectivity index (χ3n) is 4.37. The maximum absolute atomic E-state index is 12.3. The van der Waals surface area contributed by atoms with Gasteiger partial charge in [0.2, 0.25) is 0 Å². The number of hydrogen-bond acceptors (Lipinski definition) is 4. The molecule has 0 amide bonds.